The van der Waals surface area contributed by atoms with E-state index in [1.807, 2.05) is 36.4 Å². The van der Waals surface area contributed by atoms with Gasteiger partial charge in [-0.15, -0.1) is 0 Å². The summed E-state index contributed by atoms with van der Waals surface area (Å²) in [6.45, 7) is 0. The molecule has 10 aromatic carbocycles. The van der Waals surface area contributed by atoms with Gasteiger partial charge in [0.25, 0.3) is 0 Å². The van der Waals surface area contributed by atoms with Crippen molar-refractivity contribution in [2.24, 2.45) is 0 Å². The number of aromatic nitrogens is 2. The molecule has 2 nitrogen and oxygen atoms in total. The van der Waals surface area contributed by atoms with Crippen molar-refractivity contribution in [2.45, 2.75) is 0 Å². The molecular weight excluding hydrogens is 677 g/mol. The lowest BCUT2D eigenvalue weighted by Crippen LogP contribution is -1.95. The molecule has 0 fully saturated rings. The van der Waals surface area contributed by atoms with E-state index in [-0.39, 0.29) is 0 Å². The van der Waals surface area contributed by atoms with Crippen LogP contribution in [0.5, 0.6) is 0 Å². The first-order valence-electron chi connectivity index (χ1n) is 19.1. The van der Waals surface area contributed by atoms with Crippen LogP contribution in [-0.2, 0) is 0 Å². The predicted molar refractivity (Wildman–Crippen MR) is 237 cm³/mol. The Labute approximate surface area is 325 Å². The number of hydrogen-bond acceptors (Lipinski definition) is 2. The van der Waals surface area contributed by atoms with Gasteiger partial charge >= 0.3 is 0 Å². The van der Waals surface area contributed by atoms with Crippen LogP contribution in [0.4, 0.5) is 0 Å². The Kier molecular flexibility index (Phi) is 7.53. The van der Waals surface area contributed by atoms with Crippen molar-refractivity contribution in [2.75, 3.05) is 0 Å². The molecule has 11 aromatic rings. The lowest BCUT2D eigenvalue weighted by molar-refractivity contribution is 1.18. The molecule has 0 bridgehead atoms. The lowest BCUT2D eigenvalue weighted by atomic mass is 9.89. The molecule has 0 unspecified atom stereocenters. The van der Waals surface area contributed by atoms with Gasteiger partial charge in [-0.1, -0.05) is 194 Å². The molecular formula is C54H34N2. The Morgan fingerprint density at radius 1 is 0.232 bits per heavy atom. The van der Waals surface area contributed by atoms with Crippen LogP contribution in [0.15, 0.2) is 206 Å². The van der Waals surface area contributed by atoms with Gasteiger partial charge in [-0.3, -0.25) is 0 Å². The Morgan fingerprint density at radius 2 is 0.643 bits per heavy atom. The zero-order valence-corrected chi connectivity index (χ0v) is 30.5. The SMILES string of the molecule is c1ccc(-c2cc(-c3ccc(-c4ccc(-c5ccc6c(c5)c5ccccc5c5cccc7ccc8cccc6c8c75)cc4)cc3)nc(-c3ccccc3)n2)cc1. The van der Waals surface area contributed by atoms with Gasteiger partial charge in [0.05, 0.1) is 11.4 Å². The number of fused-ring (bicyclic) bond motifs is 5. The van der Waals surface area contributed by atoms with Crippen LogP contribution in [0.25, 0.3) is 110 Å². The van der Waals surface area contributed by atoms with Gasteiger partial charge < -0.3 is 0 Å². The zero-order chi connectivity index (χ0) is 37.0. The van der Waals surface area contributed by atoms with Gasteiger partial charge in [0.2, 0.25) is 0 Å². The average Bonchev–Trinajstić information content (AvgIpc) is 3.28. The molecule has 0 aliphatic carbocycles. The molecule has 260 valence electrons. The van der Waals surface area contributed by atoms with Gasteiger partial charge in [0.15, 0.2) is 5.82 Å². The minimum Gasteiger partial charge on any atom is -0.228 e. The molecule has 0 radical (unpaired) electrons. The van der Waals surface area contributed by atoms with E-state index in [0.29, 0.717) is 0 Å². The second kappa shape index (κ2) is 13.2. The standard InChI is InChI=1S/C54H34N2/c1-3-11-38(12-4-1)50-34-51(56-54(55-50)42-13-5-2-6-14-42)39-27-25-36(26-28-39)35-21-23-37(24-22-35)43-31-32-46-48-20-10-16-41-30-29-40-15-9-19-47(52(40)53(41)48)44-17-7-8-18-45(44)49(46)33-43/h1-34H. The molecule has 0 saturated heterocycles. The summed E-state index contributed by atoms with van der Waals surface area (Å²) in [5.41, 5.74) is 9.65. The largest absolute Gasteiger partial charge is 0.228 e. The third-order valence-electron chi connectivity index (χ3n) is 11.3. The number of hydrogen-bond donors (Lipinski definition) is 0. The zero-order valence-electron chi connectivity index (χ0n) is 30.5. The van der Waals surface area contributed by atoms with Crippen LogP contribution < -0.4 is 0 Å². The van der Waals surface area contributed by atoms with Crippen molar-refractivity contribution in [3.05, 3.63) is 206 Å². The van der Waals surface area contributed by atoms with Crippen LogP contribution in [0.3, 0.4) is 0 Å². The van der Waals surface area contributed by atoms with Crippen LogP contribution in [-0.4, -0.2) is 9.97 Å². The van der Waals surface area contributed by atoms with Gasteiger partial charge in [-0.25, -0.2) is 9.97 Å². The summed E-state index contributed by atoms with van der Waals surface area (Å²) in [6.07, 6.45) is 0. The predicted octanol–water partition coefficient (Wildman–Crippen LogP) is 14.6. The molecule has 56 heavy (non-hydrogen) atoms. The highest BCUT2D eigenvalue weighted by molar-refractivity contribution is 6.32. The highest BCUT2D eigenvalue weighted by atomic mass is 14.9. The van der Waals surface area contributed by atoms with Gasteiger partial charge in [-0.05, 0) is 88.2 Å². The van der Waals surface area contributed by atoms with Crippen molar-refractivity contribution < 1.29 is 0 Å². The molecule has 0 atom stereocenters. The van der Waals surface area contributed by atoms with E-state index in [2.05, 4.69) is 170 Å². The second-order valence-electron chi connectivity index (χ2n) is 14.5. The molecule has 0 amide bonds. The normalized spacial score (nSPS) is 11.6. The maximum Gasteiger partial charge on any atom is 0.160 e. The fourth-order valence-electron chi connectivity index (χ4n) is 8.50. The second-order valence-corrected chi connectivity index (χ2v) is 14.5. The highest BCUT2D eigenvalue weighted by Crippen LogP contribution is 2.41. The monoisotopic (exact) mass is 710 g/mol. The van der Waals surface area contributed by atoms with E-state index in [4.69, 9.17) is 9.97 Å². The fraction of sp³-hybridized carbons (Fsp3) is 0. The smallest absolute Gasteiger partial charge is 0.160 e. The van der Waals surface area contributed by atoms with E-state index < -0.39 is 0 Å². The van der Waals surface area contributed by atoms with Gasteiger partial charge in [0, 0.05) is 16.7 Å². The van der Waals surface area contributed by atoms with E-state index in [0.717, 1.165) is 39.5 Å². The summed E-state index contributed by atoms with van der Waals surface area (Å²) in [4.78, 5) is 9.98. The highest BCUT2D eigenvalue weighted by Gasteiger charge is 2.14. The topological polar surface area (TPSA) is 25.8 Å². The molecule has 1 aromatic heterocycles. The van der Waals surface area contributed by atoms with Gasteiger partial charge in [0.1, 0.15) is 0 Å². The summed E-state index contributed by atoms with van der Waals surface area (Å²) in [7, 11) is 0. The molecule has 11 rings (SSSR count). The van der Waals surface area contributed by atoms with E-state index in [9.17, 15) is 0 Å². The third-order valence-corrected chi connectivity index (χ3v) is 11.3. The van der Waals surface area contributed by atoms with Crippen LogP contribution in [0.2, 0.25) is 0 Å². The lowest BCUT2D eigenvalue weighted by Gasteiger charge is -2.14. The van der Waals surface area contributed by atoms with Crippen LogP contribution >= 0.6 is 0 Å². The number of rotatable bonds is 5. The number of benzene rings is 9. The van der Waals surface area contributed by atoms with E-state index >= 15 is 0 Å². The quantitative estimate of drug-likeness (QED) is 0.166. The number of nitrogens with zero attached hydrogens (tertiary/aromatic N) is 2. The Morgan fingerprint density at radius 3 is 1.21 bits per heavy atom. The third kappa shape index (κ3) is 5.42. The first-order valence-corrected chi connectivity index (χ1v) is 19.1. The molecule has 0 N–H and O–H groups in total. The maximum absolute atomic E-state index is 5.02. The van der Waals surface area contributed by atoms with Crippen molar-refractivity contribution in [3.63, 3.8) is 0 Å². The molecule has 0 aliphatic heterocycles. The summed E-state index contributed by atoms with van der Waals surface area (Å²) in [6, 6.07) is 74.2. The summed E-state index contributed by atoms with van der Waals surface area (Å²) >= 11 is 0. The maximum atomic E-state index is 5.02. The summed E-state index contributed by atoms with van der Waals surface area (Å²) in [5, 5.41) is 12.8. The summed E-state index contributed by atoms with van der Waals surface area (Å²) in [5.74, 6) is 0.720. The Bertz CT molecular complexity index is 3200. The minimum atomic E-state index is 0.720. The van der Waals surface area contributed by atoms with Crippen molar-refractivity contribution in [3.8, 4) is 56.2 Å². The molecule has 0 saturated carbocycles. The van der Waals surface area contributed by atoms with Crippen LogP contribution in [0, 0.1) is 0 Å². The fourth-order valence-corrected chi connectivity index (χ4v) is 8.50. The average molecular weight is 711 g/mol. The van der Waals surface area contributed by atoms with E-state index in [1.54, 1.807) is 0 Å². The van der Waals surface area contributed by atoms with Crippen LogP contribution in [0.1, 0.15) is 0 Å². The van der Waals surface area contributed by atoms with Gasteiger partial charge in [-0.2, -0.15) is 0 Å². The Hall–Kier alpha value is -7.42. The molecule has 0 spiro atoms. The van der Waals surface area contributed by atoms with Crippen molar-refractivity contribution >= 4 is 53.9 Å². The Balaban J connectivity index is 0.981. The summed E-state index contributed by atoms with van der Waals surface area (Å²) < 4.78 is 0. The first-order chi connectivity index (χ1) is 27.7. The van der Waals surface area contributed by atoms with Crippen molar-refractivity contribution in [1.29, 1.82) is 0 Å². The van der Waals surface area contributed by atoms with Crippen molar-refractivity contribution in [1.82, 2.24) is 9.97 Å². The first kappa shape index (κ1) is 32.0. The molecule has 1 heterocycles. The molecule has 2 heteroatoms. The van der Waals surface area contributed by atoms with E-state index in [1.165, 1.54) is 70.6 Å². The minimum absolute atomic E-state index is 0.720. The molecule has 0 aliphatic rings.